The molecule has 1 aromatic rings. The number of hydrogen-bond donors (Lipinski definition) is 2. The lowest BCUT2D eigenvalue weighted by Gasteiger charge is -2.37. The fourth-order valence-electron chi connectivity index (χ4n) is 2.65. The van der Waals surface area contributed by atoms with Crippen molar-refractivity contribution in [1.29, 1.82) is 0 Å². The van der Waals surface area contributed by atoms with Gasteiger partial charge in [0.2, 0.25) is 5.91 Å². The van der Waals surface area contributed by atoms with Gasteiger partial charge in [0, 0.05) is 25.1 Å². The third-order valence-electron chi connectivity index (χ3n) is 4.50. The van der Waals surface area contributed by atoms with E-state index in [0.717, 1.165) is 11.1 Å². The number of carbonyl (C=O) groups excluding carboxylic acids is 2. The summed E-state index contributed by atoms with van der Waals surface area (Å²) in [5.74, 6) is -5.03. The van der Waals surface area contributed by atoms with Crippen molar-refractivity contribution in [3.8, 4) is 0 Å². The highest BCUT2D eigenvalue weighted by Gasteiger charge is 2.44. The van der Waals surface area contributed by atoms with E-state index in [1.807, 2.05) is 19.9 Å². The maximum absolute atomic E-state index is 13.5. The Labute approximate surface area is 139 Å². The number of halogens is 2. The molecule has 1 heterocycles. The Bertz CT molecular complexity index is 634. The number of benzene rings is 1. The third kappa shape index (κ3) is 4.08. The highest BCUT2D eigenvalue weighted by Crippen LogP contribution is 2.33. The monoisotopic (exact) mass is 340 g/mol. The van der Waals surface area contributed by atoms with Gasteiger partial charge in [-0.2, -0.15) is 0 Å². The summed E-state index contributed by atoms with van der Waals surface area (Å²) in [6.45, 7) is 2.61. The second-order valence-corrected chi connectivity index (χ2v) is 6.21. The zero-order chi connectivity index (χ0) is 17.9. The molecular weight excluding hydrogens is 318 g/mol. The Hall–Kier alpha value is -2.02. The molecule has 0 aromatic heterocycles. The Morgan fingerprint density at radius 2 is 2.04 bits per heavy atom. The van der Waals surface area contributed by atoms with Crippen molar-refractivity contribution in [2.45, 2.75) is 26.2 Å². The number of alkyl halides is 2. The molecule has 1 aliphatic heterocycles. The second kappa shape index (κ2) is 7.25. The number of hydrogen-bond acceptors (Lipinski definition) is 3. The van der Waals surface area contributed by atoms with Crippen molar-refractivity contribution in [2.75, 3.05) is 26.2 Å². The first-order chi connectivity index (χ1) is 11.2. The van der Waals surface area contributed by atoms with E-state index >= 15 is 0 Å². The van der Waals surface area contributed by atoms with E-state index in [9.17, 15) is 18.4 Å². The summed E-state index contributed by atoms with van der Waals surface area (Å²) in [4.78, 5) is 25.5. The molecule has 1 saturated heterocycles. The summed E-state index contributed by atoms with van der Waals surface area (Å²) < 4.78 is 27.1. The Balaban J connectivity index is 1.91. The lowest BCUT2D eigenvalue weighted by Crippen LogP contribution is -2.52. The molecule has 1 fully saturated rings. The number of carbonyl (C=O) groups is 2. The third-order valence-corrected chi connectivity index (χ3v) is 4.50. The zero-order valence-corrected chi connectivity index (χ0v) is 13.8. The number of nitrogens with one attached hydrogen (secondary N) is 1. The fraction of sp³-hybridized carbons (Fsp3) is 0.529. The SMILES string of the molecule is Cc1ccc(C(=O)NCC(=O)N2CCC(F)(F)C(CO)C2)cc1C. The highest BCUT2D eigenvalue weighted by molar-refractivity contribution is 5.96. The standard InChI is InChI=1S/C17H22F2N2O3/c1-11-3-4-13(7-12(11)2)16(24)20-8-15(23)21-6-5-17(18,19)14(9-21)10-22/h3-4,7,14,22H,5-6,8-10H2,1-2H3,(H,20,24). The number of piperidine rings is 1. The molecule has 1 aliphatic rings. The first-order valence-corrected chi connectivity index (χ1v) is 7.86. The van der Waals surface area contributed by atoms with Crippen LogP contribution in [-0.2, 0) is 4.79 Å². The van der Waals surface area contributed by atoms with Crippen molar-refractivity contribution >= 4 is 11.8 Å². The van der Waals surface area contributed by atoms with E-state index in [4.69, 9.17) is 5.11 Å². The molecular formula is C17H22F2N2O3. The zero-order valence-electron chi connectivity index (χ0n) is 13.8. The van der Waals surface area contributed by atoms with Crippen LogP contribution in [0.3, 0.4) is 0 Å². The minimum Gasteiger partial charge on any atom is -0.396 e. The molecule has 7 heteroatoms. The molecule has 1 atom stereocenters. The maximum atomic E-state index is 13.5. The molecule has 1 unspecified atom stereocenters. The van der Waals surface area contributed by atoms with Crippen LogP contribution < -0.4 is 5.32 Å². The lowest BCUT2D eigenvalue weighted by atomic mass is 9.94. The molecule has 2 rings (SSSR count). The van der Waals surface area contributed by atoms with Gasteiger partial charge in [0.25, 0.3) is 11.8 Å². The maximum Gasteiger partial charge on any atom is 0.256 e. The van der Waals surface area contributed by atoms with Crippen molar-refractivity contribution in [2.24, 2.45) is 5.92 Å². The number of amides is 2. The number of aliphatic hydroxyl groups excluding tert-OH is 1. The summed E-state index contributed by atoms with van der Waals surface area (Å²) in [5, 5.41) is 11.6. The molecule has 1 aromatic carbocycles. The van der Waals surface area contributed by atoms with E-state index in [1.165, 1.54) is 4.90 Å². The number of aryl methyl sites for hydroxylation is 2. The van der Waals surface area contributed by atoms with Crippen molar-refractivity contribution < 1.29 is 23.5 Å². The molecule has 132 valence electrons. The van der Waals surface area contributed by atoms with E-state index in [1.54, 1.807) is 12.1 Å². The number of nitrogens with zero attached hydrogens (tertiary/aromatic N) is 1. The summed E-state index contributed by atoms with van der Waals surface area (Å²) >= 11 is 0. The van der Waals surface area contributed by atoms with Crippen LogP contribution in [0.4, 0.5) is 8.78 Å². The first kappa shape index (κ1) is 18.3. The molecule has 5 nitrogen and oxygen atoms in total. The van der Waals surface area contributed by atoms with Gasteiger partial charge < -0.3 is 15.3 Å². The second-order valence-electron chi connectivity index (χ2n) is 6.21. The molecule has 2 amide bonds. The highest BCUT2D eigenvalue weighted by atomic mass is 19.3. The molecule has 0 bridgehead atoms. The number of likely N-dealkylation sites (tertiary alicyclic amines) is 1. The molecule has 24 heavy (non-hydrogen) atoms. The van der Waals surface area contributed by atoms with E-state index in [-0.39, 0.29) is 25.5 Å². The smallest absolute Gasteiger partial charge is 0.256 e. The predicted octanol–water partition coefficient (Wildman–Crippen LogP) is 1.51. The van der Waals surface area contributed by atoms with Crippen LogP contribution in [-0.4, -0.2) is 54.0 Å². The van der Waals surface area contributed by atoms with Crippen LogP contribution in [0.1, 0.15) is 27.9 Å². The lowest BCUT2D eigenvalue weighted by molar-refractivity contribution is -0.148. The van der Waals surface area contributed by atoms with Gasteiger partial charge in [-0.3, -0.25) is 9.59 Å². The van der Waals surface area contributed by atoms with Gasteiger partial charge >= 0.3 is 0 Å². The van der Waals surface area contributed by atoms with Crippen molar-refractivity contribution in [3.63, 3.8) is 0 Å². The van der Waals surface area contributed by atoms with Gasteiger partial charge in [0.1, 0.15) is 0 Å². The van der Waals surface area contributed by atoms with Gasteiger partial charge in [0.15, 0.2) is 0 Å². The van der Waals surface area contributed by atoms with Gasteiger partial charge in [-0.25, -0.2) is 8.78 Å². The summed E-state index contributed by atoms with van der Waals surface area (Å²) in [5.41, 5.74) is 2.48. The molecule has 2 N–H and O–H groups in total. The largest absolute Gasteiger partial charge is 0.396 e. The van der Waals surface area contributed by atoms with Gasteiger partial charge in [-0.1, -0.05) is 6.07 Å². The van der Waals surface area contributed by atoms with Crippen LogP contribution in [0.15, 0.2) is 18.2 Å². The molecule has 0 saturated carbocycles. The summed E-state index contributed by atoms with van der Waals surface area (Å²) in [6.07, 6.45) is -0.477. The topological polar surface area (TPSA) is 69.6 Å². The predicted molar refractivity (Wildman–Crippen MR) is 85.0 cm³/mol. The Kier molecular flexibility index (Phi) is 5.54. The van der Waals surface area contributed by atoms with Crippen molar-refractivity contribution in [1.82, 2.24) is 10.2 Å². The quantitative estimate of drug-likeness (QED) is 0.873. The van der Waals surface area contributed by atoms with E-state index in [0.29, 0.717) is 5.56 Å². The van der Waals surface area contributed by atoms with Crippen LogP contribution in [0.2, 0.25) is 0 Å². The van der Waals surface area contributed by atoms with E-state index in [2.05, 4.69) is 5.32 Å². The van der Waals surface area contributed by atoms with Crippen LogP contribution in [0.5, 0.6) is 0 Å². The van der Waals surface area contributed by atoms with Crippen molar-refractivity contribution in [3.05, 3.63) is 34.9 Å². The van der Waals surface area contributed by atoms with Gasteiger partial charge in [0.05, 0.1) is 19.1 Å². The minimum atomic E-state index is -2.96. The van der Waals surface area contributed by atoms with E-state index < -0.39 is 30.8 Å². The van der Waals surface area contributed by atoms with Gasteiger partial charge in [-0.15, -0.1) is 0 Å². The minimum absolute atomic E-state index is 0.0815. The average Bonchev–Trinajstić information content (AvgIpc) is 2.54. The van der Waals surface area contributed by atoms with Crippen LogP contribution in [0, 0.1) is 19.8 Å². The van der Waals surface area contributed by atoms with Crippen LogP contribution in [0.25, 0.3) is 0 Å². The first-order valence-electron chi connectivity index (χ1n) is 7.86. The molecule has 0 radical (unpaired) electrons. The summed E-state index contributed by atoms with van der Waals surface area (Å²) in [6, 6.07) is 5.23. The molecule has 0 spiro atoms. The number of aliphatic hydroxyl groups is 1. The van der Waals surface area contributed by atoms with Gasteiger partial charge in [-0.05, 0) is 37.1 Å². The van der Waals surface area contributed by atoms with Crippen LogP contribution >= 0.6 is 0 Å². The Morgan fingerprint density at radius 3 is 2.67 bits per heavy atom. The summed E-state index contributed by atoms with van der Waals surface area (Å²) in [7, 11) is 0. The normalized spacial score (nSPS) is 19.9. The Morgan fingerprint density at radius 1 is 1.33 bits per heavy atom. The molecule has 0 aliphatic carbocycles. The number of rotatable bonds is 4. The fourth-order valence-corrected chi connectivity index (χ4v) is 2.65. The average molecular weight is 340 g/mol.